The molecule has 0 radical (unpaired) electrons. The van der Waals surface area contributed by atoms with Gasteiger partial charge in [0.1, 0.15) is 6.73 Å². The van der Waals surface area contributed by atoms with Gasteiger partial charge in [-0.05, 0) is 38.5 Å². The molecule has 0 aromatic carbocycles. The predicted molar refractivity (Wildman–Crippen MR) is 107 cm³/mol. The van der Waals surface area contributed by atoms with E-state index in [2.05, 4.69) is 26.1 Å². The predicted octanol–water partition coefficient (Wildman–Crippen LogP) is 3.16. The molecule has 0 spiro atoms. The lowest BCUT2D eigenvalue weighted by atomic mass is 9.89. The number of amides is 1. The van der Waals surface area contributed by atoms with Gasteiger partial charge in [-0.1, -0.05) is 39.5 Å². The van der Waals surface area contributed by atoms with E-state index in [-0.39, 0.29) is 18.2 Å². The number of carbonyl (C=O) groups is 1. The van der Waals surface area contributed by atoms with Crippen molar-refractivity contribution in [2.45, 2.75) is 84.6 Å². The first-order valence-corrected chi connectivity index (χ1v) is 10.3. The van der Waals surface area contributed by atoms with E-state index in [0.717, 1.165) is 64.5 Å². The third-order valence-electron chi connectivity index (χ3n) is 5.61. The maximum atomic E-state index is 11.5. The molecule has 1 unspecified atom stereocenters. The van der Waals surface area contributed by atoms with Crippen LogP contribution in [0.25, 0.3) is 0 Å². The first-order chi connectivity index (χ1) is 12.3. The molecule has 1 fully saturated rings. The number of unbranched alkanes of at least 4 members (excludes halogenated alkanes) is 2. The fourth-order valence-corrected chi connectivity index (χ4v) is 3.69. The minimum atomic E-state index is -0.146. The molecule has 1 aliphatic heterocycles. The van der Waals surface area contributed by atoms with Crippen molar-refractivity contribution >= 4 is 11.9 Å². The van der Waals surface area contributed by atoms with Crippen LogP contribution in [-0.4, -0.2) is 58.7 Å². The SMILES string of the molecule is CCCCC(C)(CCCC)NC(=N)N(CO)CCC1CCN(C(C)=O)C1. The molecule has 0 saturated carbocycles. The van der Waals surface area contributed by atoms with Gasteiger partial charge in [0.05, 0.1) is 0 Å². The van der Waals surface area contributed by atoms with Crippen LogP contribution in [0.2, 0.25) is 0 Å². The molecule has 1 atom stereocenters. The molecule has 0 aromatic heterocycles. The van der Waals surface area contributed by atoms with Gasteiger partial charge in [-0.25, -0.2) is 0 Å². The molecule has 1 amide bonds. The highest BCUT2D eigenvalue weighted by atomic mass is 16.3. The number of nitrogens with zero attached hydrogens (tertiary/aromatic N) is 2. The molecule has 26 heavy (non-hydrogen) atoms. The molecule has 152 valence electrons. The van der Waals surface area contributed by atoms with E-state index >= 15 is 0 Å². The molecule has 6 nitrogen and oxygen atoms in total. The molecular formula is C20H40N4O2. The highest BCUT2D eigenvalue weighted by Gasteiger charge is 2.27. The summed E-state index contributed by atoms with van der Waals surface area (Å²) in [6.07, 6.45) is 8.58. The smallest absolute Gasteiger partial charge is 0.219 e. The maximum Gasteiger partial charge on any atom is 0.219 e. The number of nitrogens with one attached hydrogen (secondary N) is 2. The maximum absolute atomic E-state index is 11.5. The van der Waals surface area contributed by atoms with E-state index in [1.54, 1.807) is 11.8 Å². The average molecular weight is 369 g/mol. The Morgan fingerprint density at radius 3 is 2.38 bits per heavy atom. The molecule has 0 aromatic rings. The lowest BCUT2D eigenvalue weighted by Crippen LogP contribution is -2.52. The van der Waals surface area contributed by atoms with Crippen LogP contribution in [0, 0.1) is 11.3 Å². The van der Waals surface area contributed by atoms with Crippen molar-refractivity contribution < 1.29 is 9.90 Å². The number of aliphatic hydroxyl groups excluding tert-OH is 1. The van der Waals surface area contributed by atoms with Crippen molar-refractivity contribution in [2.75, 3.05) is 26.4 Å². The third-order valence-corrected chi connectivity index (χ3v) is 5.61. The summed E-state index contributed by atoms with van der Waals surface area (Å²) < 4.78 is 0. The van der Waals surface area contributed by atoms with Crippen molar-refractivity contribution in [1.82, 2.24) is 15.1 Å². The van der Waals surface area contributed by atoms with Gasteiger partial charge in [-0.15, -0.1) is 0 Å². The average Bonchev–Trinajstić information content (AvgIpc) is 3.08. The first-order valence-electron chi connectivity index (χ1n) is 10.3. The van der Waals surface area contributed by atoms with Crippen molar-refractivity contribution in [3.8, 4) is 0 Å². The topological polar surface area (TPSA) is 79.7 Å². The van der Waals surface area contributed by atoms with Crippen molar-refractivity contribution in [1.29, 1.82) is 5.41 Å². The summed E-state index contributed by atoms with van der Waals surface area (Å²) in [5.41, 5.74) is -0.0880. The van der Waals surface area contributed by atoms with E-state index in [4.69, 9.17) is 5.41 Å². The van der Waals surface area contributed by atoms with E-state index in [0.29, 0.717) is 18.4 Å². The highest BCUT2D eigenvalue weighted by Crippen LogP contribution is 2.22. The normalized spacial score (nSPS) is 17.4. The Morgan fingerprint density at radius 2 is 1.92 bits per heavy atom. The van der Waals surface area contributed by atoms with Gasteiger partial charge >= 0.3 is 0 Å². The van der Waals surface area contributed by atoms with Crippen molar-refractivity contribution in [3.63, 3.8) is 0 Å². The van der Waals surface area contributed by atoms with Crippen LogP contribution in [0.4, 0.5) is 0 Å². The van der Waals surface area contributed by atoms with Crippen LogP contribution in [0.5, 0.6) is 0 Å². The zero-order valence-electron chi connectivity index (χ0n) is 17.3. The van der Waals surface area contributed by atoms with Crippen LogP contribution in [0.15, 0.2) is 0 Å². The molecule has 1 rings (SSSR count). The fraction of sp³-hybridized carbons (Fsp3) is 0.900. The summed E-state index contributed by atoms with van der Waals surface area (Å²) in [6.45, 7) is 10.3. The monoisotopic (exact) mass is 368 g/mol. The van der Waals surface area contributed by atoms with Gasteiger partial charge in [-0.3, -0.25) is 10.2 Å². The summed E-state index contributed by atoms with van der Waals surface area (Å²) in [5.74, 6) is 0.930. The Bertz CT molecular complexity index is 434. The van der Waals surface area contributed by atoms with E-state index in [1.165, 1.54) is 0 Å². The van der Waals surface area contributed by atoms with Crippen LogP contribution < -0.4 is 5.32 Å². The highest BCUT2D eigenvalue weighted by molar-refractivity contribution is 5.77. The molecule has 0 bridgehead atoms. The Morgan fingerprint density at radius 1 is 1.31 bits per heavy atom. The van der Waals surface area contributed by atoms with Gasteiger partial charge < -0.3 is 20.2 Å². The number of hydrogen-bond donors (Lipinski definition) is 3. The van der Waals surface area contributed by atoms with E-state index < -0.39 is 0 Å². The van der Waals surface area contributed by atoms with Gasteiger partial charge in [0.2, 0.25) is 5.91 Å². The summed E-state index contributed by atoms with van der Waals surface area (Å²) >= 11 is 0. The van der Waals surface area contributed by atoms with Crippen LogP contribution in [-0.2, 0) is 4.79 Å². The lowest BCUT2D eigenvalue weighted by molar-refractivity contribution is -0.127. The molecule has 6 heteroatoms. The molecular weight excluding hydrogens is 328 g/mol. The molecule has 3 N–H and O–H groups in total. The van der Waals surface area contributed by atoms with Gasteiger partial charge in [-0.2, -0.15) is 0 Å². The second kappa shape index (κ2) is 11.4. The Labute approximate surface area is 159 Å². The van der Waals surface area contributed by atoms with Crippen LogP contribution in [0.3, 0.4) is 0 Å². The van der Waals surface area contributed by atoms with Crippen LogP contribution in [0.1, 0.15) is 79.1 Å². The molecule has 0 aliphatic carbocycles. The summed E-state index contributed by atoms with van der Waals surface area (Å²) in [6, 6.07) is 0. The minimum Gasteiger partial charge on any atom is -0.376 e. The van der Waals surface area contributed by atoms with Gasteiger partial charge in [0.25, 0.3) is 0 Å². The number of guanidine groups is 1. The van der Waals surface area contributed by atoms with Crippen molar-refractivity contribution in [2.24, 2.45) is 5.92 Å². The van der Waals surface area contributed by atoms with Crippen LogP contribution >= 0.6 is 0 Å². The second-order valence-corrected chi connectivity index (χ2v) is 8.05. The third kappa shape index (κ3) is 7.52. The second-order valence-electron chi connectivity index (χ2n) is 8.05. The summed E-state index contributed by atoms with van der Waals surface area (Å²) in [4.78, 5) is 15.1. The molecule has 1 heterocycles. The molecule has 1 saturated heterocycles. The van der Waals surface area contributed by atoms with Gasteiger partial charge in [0.15, 0.2) is 5.96 Å². The summed E-state index contributed by atoms with van der Waals surface area (Å²) in [5, 5.41) is 21.6. The molecule has 1 aliphatic rings. The Kier molecular flexibility index (Phi) is 9.99. The first kappa shape index (κ1) is 22.7. The largest absolute Gasteiger partial charge is 0.376 e. The Balaban J connectivity index is 2.53. The fourth-order valence-electron chi connectivity index (χ4n) is 3.69. The number of hydrogen-bond acceptors (Lipinski definition) is 3. The lowest BCUT2D eigenvalue weighted by Gasteiger charge is -2.35. The van der Waals surface area contributed by atoms with E-state index in [9.17, 15) is 9.90 Å². The van der Waals surface area contributed by atoms with E-state index in [1.807, 2.05) is 4.90 Å². The minimum absolute atomic E-state index is 0.0880. The quantitative estimate of drug-likeness (QED) is 0.297. The number of rotatable bonds is 11. The van der Waals surface area contributed by atoms with Crippen molar-refractivity contribution in [3.05, 3.63) is 0 Å². The Hall–Kier alpha value is -1.30. The number of aliphatic hydroxyl groups is 1. The standard InChI is InChI=1S/C20H40N4O2/c1-5-7-11-20(4,12-8-6-2)22-19(21)24(16-25)14-10-18-9-13-23(15-18)17(3)26/h18,25H,5-16H2,1-4H3,(H2,21,22). The number of carbonyl (C=O) groups excluding carboxylic acids is 1. The zero-order chi connectivity index (χ0) is 19.6. The van der Waals surface area contributed by atoms with Gasteiger partial charge in [0, 0.05) is 32.1 Å². The number of likely N-dealkylation sites (tertiary alicyclic amines) is 1. The zero-order valence-corrected chi connectivity index (χ0v) is 17.3. The summed E-state index contributed by atoms with van der Waals surface area (Å²) in [7, 11) is 0.